The summed E-state index contributed by atoms with van der Waals surface area (Å²) in [4.78, 5) is 21.6. The quantitative estimate of drug-likeness (QED) is 0.642. The van der Waals surface area contributed by atoms with Crippen molar-refractivity contribution in [2.45, 2.75) is 19.4 Å². The van der Waals surface area contributed by atoms with Gasteiger partial charge in [0.25, 0.3) is 0 Å². The molecule has 0 saturated carbocycles. The molecule has 1 rings (SSSR count). The van der Waals surface area contributed by atoms with Gasteiger partial charge in [0.05, 0.1) is 7.11 Å². The van der Waals surface area contributed by atoms with E-state index in [1.54, 1.807) is 0 Å². The number of carboxylic acid groups (broad SMARTS) is 1. The van der Waals surface area contributed by atoms with E-state index in [9.17, 15) is 9.59 Å². The molecule has 1 N–H and O–H groups in total. The standard InChI is InChI=1S/C7H10N4O4/c1-4(7(14)15-2)6-8-9-10-11(6)3-5(12)13/h4H,3H2,1-2H3,(H,12,13). The van der Waals surface area contributed by atoms with Crippen molar-refractivity contribution in [3.05, 3.63) is 5.82 Å². The van der Waals surface area contributed by atoms with Gasteiger partial charge in [-0.25, -0.2) is 4.68 Å². The van der Waals surface area contributed by atoms with Gasteiger partial charge in [-0.2, -0.15) is 0 Å². The largest absolute Gasteiger partial charge is 0.480 e. The molecule has 1 heterocycles. The zero-order chi connectivity index (χ0) is 11.4. The Balaban J connectivity index is 2.89. The van der Waals surface area contributed by atoms with Crippen molar-refractivity contribution in [2.75, 3.05) is 7.11 Å². The van der Waals surface area contributed by atoms with Crippen LogP contribution < -0.4 is 0 Å². The average Bonchev–Trinajstić information content (AvgIpc) is 2.62. The van der Waals surface area contributed by atoms with Crippen molar-refractivity contribution in [1.29, 1.82) is 0 Å². The second-order valence-corrected chi connectivity index (χ2v) is 2.83. The lowest BCUT2D eigenvalue weighted by molar-refractivity contribution is -0.143. The molecular weight excluding hydrogens is 204 g/mol. The predicted molar refractivity (Wildman–Crippen MR) is 45.9 cm³/mol. The van der Waals surface area contributed by atoms with Crippen LogP contribution in [0.1, 0.15) is 18.7 Å². The minimum atomic E-state index is -1.08. The molecule has 0 aromatic carbocycles. The van der Waals surface area contributed by atoms with Gasteiger partial charge in [-0.3, -0.25) is 9.59 Å². The molecule has 15 heavy (non-hydrogen) atoms. The Morgan fingerprint density at radius 2 is 2.27 bits per heavy atom. The van der Waals surface area contributed by atoms with Gasteiger partial charge in [0.1, 0.15) is 12.5 Å². The highest BCUT2D eigenvalue weighted by atomic mass is 16.5. The predicted octanol–water partition coefficient (Wildman–Crippen LogP) is -0.966. The summed E-state index contributed by atoms with van der Waals surface area (Å²) in [7, 11) is 1.24. The van der Waals surface area contributed by atoms with Gasteiger partial charge in [0.15, 0.2) is 5.82 Å². The number of tetrazole rings is 1. The summed E-state index contributed by atoms with van der Waals surface area (Å²) >= 11 is 0. The van der Waals surface area contributed by atoms with Crippen LogP contribution in [-0.4, -0.2) is 44.4 Å². The molecule has 1 aromatic rings. The van der Waals surface area contributed by atoms with Gasteiger partial charge in [-0.15, -0.1) is 5.10 Å². The molecule has 8 nitrogen and oxygen atoms in total. The number of carboxylic acids is 1. The van der Waals surface area contributed by atoms with E-state index in [4.69, 9.17) is 5.11 Å². The maximum absolute atomic E-state index is 11.2. The molecule has 0 amide bonds. The highest BCUT2D eigenvalue weighted by Gasteiger charge is 2.23. The number of aliphatic carboxylic acids is 1. The van der Waals surface area contributed by atoms with E-state index in [1.165, 1.54) is 14.0 Å². The van der Waals surface area contributed by atoms with Crippen LogP contribution in [0.4, 0.5) is 0 Å². The third-order valence-electron chi connectivity index (χ3n) is 1.79. The fourth-order valence-corrected chi connectivity index (χ4v) is 1.04. The van der Waals surface area contributed by atoms with E-state index in [2.05, 4.69) is 20.3 Å². The molecule has 0 saturated heterocycles. The van der Waals surface area contributed by atoms with Crippen LogP contribution in [0.3, 0.4) is 0 Å². The van der Waals surface area contributed by atoms with Gasteiger partial charge in [-0.05, 0) is 17.4 Å². The zero-order valence-corrected chi connectivity index (χ0v) is 8.25. The van der Waals surface area contributed by atoms with Crippen LogP contribution in [0.5, 0.6) is 0 Å². The van der Waals surface area contributed by atoms with Gasteiger partial charge in [0, 0.05) is 0 Å². The third kappa shape index (κ3) is 2.48. The first-order valence-electron chi connectivity index (χ1n) is 4.12. The summed E-state index contributed by atoms with van der Waals surface area (Å²) in [5.41, 5.74) is 0. The Morgan fingerprint density at radius 1 is 1.60 bits per heavy atom. The van der Waals surface area contributed by atoms with Crippen molar-refractivity contribution in [2.24, 2.45) is 0 Å². The number of carbonyl (C=O) groups excluding carboxylic acids is 1. The normalized spacial score (nSPS) is 12.1. The van der Waals surface area contributed by atoms with Crippen LogP contribution in [0.15, 0.2) is 0 Å². The van der Waals surface area contributed by atoms with Crippen molar-refractivity contribution in [3.8, 4) is 0 Å². The monoisotopic (exact) mass is 214 g/mol. The van der Waals surface area contributed by atoms with E-state index < -0.39 is 17.9 Å². The number of rotatable bonds is 4. The Hall–Kier alpha value is -1.99. The number of aromatic nitrogens is 4. The SMILES string of the molecule is COC(=O)C(C)c1nnnn1CC(=O)O. The summed E-state index contributed by atoms with van der Waals surface area (Å²) in [6.45, 7) is 1.15. The zero-order valence-electron chi connectivity index (χ0n) is 8.25. The number of hydrogen-bond donors (Lipinski definition) is 1. The molecule has 8 heteroatoms. The molecule has 1 atom stereocenters. The van der Waals surface area contributed by atoms with Crippen LogP contribution in [0.25, 0.3) is 0 Å². The van der Waals surface area contributed by atoms with Gasteiger partial charge in [0.2, 0.25) is 0 Å². The Bertz CT molecular complexity index is 375. The summed E-state index contributed by atoms with van der Waals surface area (Å²) in [6, 6.07) is 0. The van der Waals surface area contributed by atoms with Crippen LogP contribution in [0, 0.1) is 0 Å². The number of ether oxygens (including phenoxy) is 1. The van der Waals surface area contributed by atoms with Gasteiger partial charge >= 0.3 is 11.9 Å². The first kappa shape index (κ1) is 11.1. The molecule has 0 fully saturated rings. The van der Waals surface area contributed by atoms with Crippen LogP contribution in [-0.2, 0) is 20.9 Å². The van der Waals surface area contributed by atoms with Crippen LogP contribution >= 0.6 is 0 Å². The van der Waals surface area contributed by atoms with Gasteiger partial charge in [-0.1, -0.05) is 0 Å². The Labute approximate surface area is 84.8 Å². The Morgan fingerprint density at radius 3 is 2.80 bits per heavy atom. The minimum absolute atomic E-state index is 0.171. The molecule has 0 spiro atoms. The maximum Gasteiger partial charge on any atom is 0.325 e. The van der Waals surface area contributed by atoms with Crippen molar-refractivity contribution in [1.82, 2.24) is 20.2 Å². The molecule has 1 aromatic heterocycles. The first-order valence-corrected chi connectivity index (χ1v) is 4.12. The first-order chi connectivity index (χ1) is 7.06. The highest BCUT2D eigenvalue weighted by molar-refractivity contribution is 5.76. The molecule has 1 unspecified atom stereocenters. The smallest absolute Gasteiger partial charge is 0.325 e. The third-order valence-corrected chi connectivity index (χ3v) is 1.79. The average molecular weight is 214 g/mol. The topological polar surface area (TPSA) is 107 Å². The summed E-state index contributed by atoms with van der Waals surface area (Å²) in [5, 5.41) is 18.9. The van der Waals surface area contributed by atoms with Crippen LogP contribution in [0.2, 0.25) is 0 Å². The fourth-order valence-electron chi connectivity index (χ4n) is 1.04. The summed E-state index contributed by atoms with van der Waals surface area (Å²) < 4.78 is 5.55. The van der Waals surface area contributed by atoms with E-state index >= 15 is 0 Å². The van der Waals surface area contributed by atoms with Gasteiger partial charge < -0.3 is 9.84 Å². The molecular formula is C7H10N4O4. The molecule has 0 bridgehead atoms. The second-order valence-electron chi connectivity index (χ2n) is 2.83. The van der Waals surface area contributed by atoms with E-state index in [0.717, 1.165) is 4.68 Å². The molecule has 0 aliphatic heterocycles. The highest BCUT2D eigenvalue weighted by Crippen LogP contribution is 2.12. The van der Waals surface area contributed by atoms with Crippen molar-refractivity contribution < 1.29 is 19.4 Å². The number of hydrogen-bond acceptors (Lipinski definition) is 6. The lowest BCUT2D eigenvalue weighted by Gasteiger charge is -2.07. The molecule has 0 radical (unpaired) electrons. The lowest BCUT2D eigenvalue weighted by atomic mass is 10.2. The lowest BCUT2D eigenvalue weighted by Crippen LogP contribution is -2.19. The molecule has 0 aliphatic carbocycles. The van der Waals surface area contributed by atoms with E-state index in [1.807, 2.05) is 0 Å². The minimum Gasteiger partial charge on any atom is -0.480 e. The van der Waals surface area contributed by atoms with Crippen molar-refractivity contribution in [3.63, 3.8) is 0 Å². The summed E-state index contributed by atoms with van der Waals surface area (Å²) in [6.07, 6.45) is 0. The number of nitrogens with zero attached hydrogens (tertiary/aromatic N) is 4. The maximum atomic E-state index is 11.2. The molecule has 0 aliphatic rings. The Kier molecular flexibility index (Phi) is 3.32. The van der Waals surface area contributed by atoms with E-state index in [-0.39, 0.29) is 12.4 Å². The summed E-state index contributed by atoms with van der Waals surface area (Å²) in [5.74, 6) is -2.12. The van der Waals surface area contributed by atoms with Crippen molar-refractivity contribution >= 4 is 11.9 Å². The van der Waals surface area contributed by atoms with E-state index in [0.29, 0.717) is 0 Å². The second kappa shape index (κ2) is 4.49. The fraction of sp³-hybridized carbons (Fsp3) is 0.571. The molecule has 82 valence electrons. The number of esters is 1. The number of carbonyl (C=O) groups is 2. The number of methoxy groups -OCH3 is 1.